The number of nitrogens with one attached hydrogen (secondary N) is 2. The van der Waals surface area contributed by atoms with Crippen LogP contribution in [0.15, 0.2) is 18.2 Å². The average Bonchev–Trinajstić information content (AvgIpc) is 2.24. The normalized spacial score (nSPS) is 11.0. The smallest absolute Gasteiger partial charge is 0.417 e. The van der Waals surface area contributed by atoms with E-state index in [4.69, 9.17) is 14.5 Å². The molecule has 0 atom stereocenters. The molecule has 10 heteroatoms. The fraction of sp³-hybridized carbons (Fsp3) is 0.143. The van der Waals surface area contributed by atoms with Gasteiger partial charge < -0.3 is 19.9 Å². The average molecular weight is 263 g/mol. The number of nitro groups is 1. The molecule has 0 spiro atoms. The van der Waals surface area contributed by atoms with E-state index in [1.54, 1.807) is 5.20 Å². The Morgan fingerprint density at radius 1 is 1.47 bits per heavy atom. The third-order valence-corrected chi connectivity index (χ3v) is 2.13. The maximum Gasteiger partial charge on any atom is 0.417 e. The van der Waals surface area contributed by atoms with Gasteiger partial charge in [0.2, 0.25) is 0 Å². The van der Waals surface area contributed by atoms with E-state index < -0.39 is 12.7 Å². The quantitative estimate of drug-likeness (QED) is 0.345. The molecule has 0 heterocycles. The van der Waals surface area contributed by atoms with Gasteiger partial charge in [0.25, 0.3) is 0 Å². The van der Waals surface area contributed by atoms with Crippen LogP contribution in [0.2, 0.25) is 0 Å². The van der Waals surface area contributed by atoms with Crippen molar-refractivity contribution in [3.8, 4) is 5.75 Å². The SMILES string of the molecule is COc1cc(NNP(=O)(O)O)ccc1[N+](=O)[O-]. The predicted octanol–water partition coefficient (Wildman–Crippen LogP) is 0.613. The number of hydrogen-bond acceptors (Lipinski definition) is 5. The van der Waals surface area contributed by atoms with Gasteiger partial charge in [0, 0.05) is 12.1 Å². The summed E-state index contributed by atoms with van der Waals surface area (Å²) >= 11 is 0. The molecule has 0 aromatic heterocycles. The van der Waals surface area contributed by atoms with Crippen LogP contribution in [0.3, 0.4) is 0 Å². The number of rotatable bonds is 5. The first-order chi connectivity index (χ1) is 7.83. The Morgan fingerprint density at radius 2 is 2.12 bits per heavy atom. The van der Waals surface area contributed by atoms with Crippen LogP contribution in [0, 0.1) is 10.1 Å². The summed E-state index contributed by atoms with van der Waals surface area (Å²) < 4.78 is 15.3. The summed E-state index contributed by atoms with van der Waals surface area (Å²) in [6.45, 7) is 0. The molecule has 1 rings (SSSR count). The maximum atomic E-state index is 10.6. The molecule has 0 bridgehead atoms. The van der Waals surface area contributed by atoms with Crippen LogP contribution in [0.5, 0.6) is 5.75 Å². The van der Waals surface area contributed by atoms with Gasteiger partial charge in [-0.2, -0.15) is 0 Å². The molecule has 1 aromatic rings. The summed E-state index contributed by atoms with van der Waals surface area (Å²) in [4.78, 5) is 27.0. The first-order valence-electron chi connectivity index (χ1n) is 4.25. The number of hydrogen-bond donors (Lipinski definition) is 4. The lowest BCUT2D eigenvalue weighted by Crippen LogP contribution is -2.17. The number of ether oxygens (including phenoxy) is 1. The Kier molecular flexibility index (Phi) is 4.02. The number of benzene rings is 1. The molecule has 0 amide bonds. The molecule has 0 saturated heterocycles. The molecular weight excluding hydrogens is 253 g/mol. The Labute approximate surface area is 95.7 Å². The van der Waals surface area contributed by atoms with Crippen LogP contribution in [-0.2, 0) is 4.57 Å². The van der Waals surface area contributed by atoms with E-state index in [-0.39, 0.29) is 17.1 Å². The van der Waals surface area contributed by atoms with E-state index in [1.807, 2.05) is 0 Å². The van der Waals surface area contributed by atoms with Crippen LogP contribution in [0.4, 0.5) is 11.4 Å². The van der Waals surface area contributed by atoms with Crippen molar-refractivity contribution in [2.45, 2.75) is 0 Å². The molecule has 17 heavy (non-hydrogen) atoms. The van der Waals surface area contributed by atoms with Gasteiger partial charge >= 0.3 is 13.4 Å². The molecule has 4 N–H and O–H groups in total. The minimum absolute atomic E-state index is 0.0208. The lowest BCUT2D eigenvalue weighted by molar-refractivity contribution is -0.385. The van der Waals surface area contributed by atoms with Gasteiger partial charge in [-0.3, -0.25) is 10.1 Å². The second-order valence-electron chi connectivity index (χ2n) is 2.92. The number of anilines is 1. The van der Waals surface area contributed by atoms with Crippen LogP contribution < -0.4 is 15.4 Å². The second kappa shape index (κ2) is 5.11. The van der Waals surface area contributed by atoms with Gasteiger partial charge in [0.15, 0.2) is 5.75 Å². The number of hydrazine groups is 1. The molecule has 9 nitrogen and oxygen atoms in total. The molecule has 1 aromatic carbocycles. The molecular formula is C7H10N3O6P. The molecule has 0 aliphatic rings. The fourth-order valence-electron chi connectivity index (χ4n) is 1.04. The van der Waals surface area contributed by atoms with E-state index in [2.05, 4.69) is 5.43 Å². The monoisotopic (exact) mass is 263 g/mol. The highest BCUT2D eigenvalue weighted by Crippen LogP contribution is 2.31. The summed E-state index contributed by atoms with van der Waals surface area (Å²) in [5.41, 5.74) is 2.19. The van der Waals surface area contributed by atoms with Crippen molar-refractivity contribution in [2.75, 3.05) is 12.5 Å². The Balaban J connectivity index is 2.90. The van der Waals surface area contributed by atoms with Crippen molar-refractivity contribution in [3.05, 3.63) is 28.3 Å². The zero-order valence-corrected chi connectivity index (χ0v) is 9.55. The van der Waals surface area contributed by atoms with Crippen molar-refractivity contribution in [1.29, 1.82) is 0 Å². The summed E-state index contributed by atoms with van der Waals surface area (Å²) in [6.07, 6.45) is 0. The third-order valence-electron chi connectivity index (χ3n) is 1.72. The van der Waals surface area contributed by atoms with Gasteiger partial charge in [-0.15, -0.1) is 5.20 Å². The zero-order chi connectivity index (χ0) is 13.1. The van der Waals surface area contributed by atoms with Gasteiger partial charge in [-0.05, 0) is 6.07 Å². The fourth-order valence-corrected chi connectivity index (χ4v) is 1.32. The molecule has 0 fully saturated rings. The Hall–Kier alpha value is -1.67. The third kappa shape index (κ3) is 4.00. The first kappa shape index (κ1) is 13.4. The standard InChI is InChI=1S/C7H10N3O6P/c1-16-7-4-5(8-9-17(13,14)15)2-3-6(7)10(11)12/h2-4,8H,1H3,(H3,9,13,14,15). The van der Waals surface area contributed by atoms with Crippen molar-refractivity contribution in [1.82, 2.24) is 5.20 Å². The topological polar surface area (TPSA) is 134 Å². The maximum absolute atomic E-state index is 10.6. The van der Waals surface area contributed by atoms with E-state index in [0.717, 1.165) is 6.07 Å². The highest BCUT2D eigenvalue weighted by molar-refractivity contribution is 7.49. The summed E-state index contributed by atoms with van der Waals surface area (Å²) in [5, 5.41) is 12.3. The summed E-state index contributed by atoms with van der Waals surface area (Å²) in [5.74, 6) is -0.0208. The van der Waals surface area contributed by atoms with E-state index in [9.17, 15) is 14.7 Å². The Bertz CT molecular complexity index is 473. The lowest BCUT2D eigenvalue weighted by Gasteiger charge is -2.10. The van der Waals surface area contributed by atoms with E-state index in [0.29, 0.717) is 0 Å². The van der Waals surface area contributed by atoms with Crippen molar-refractivity contribution >= 4 is 19.1 Å². The van der Waals surface area contributed by atoms with E-state index >= 15 is 0 Å². The lowest BCUT2D eigenvalue weighted by atomic mass is 10.2. The number of nitro benzene ring substituents is 1. The predicted molar refractivity (Wildman–Crippen MR) is 58.5 cm³/mol. The van der Waals surface area contributed by atoms with Crippen LogP contribution in [-0.4, -0.2) is 21.8 Å². The van der Waals surface area contributed by atoms with Crippen LogP contribution in [0.25, 0.3) is 0 Å². The molecule has 0 aliphatic carbocycles. The largest absolute Gasteiger partial charge is 0.490 e. The molecule has 0 unspecified atom stereocenters. The van der Waals surface area contributed by atoms with Gasteiger partial charge in [0.1, 0.15) is 0 Å². The van der Waals surface area contributed by atoms with Crippen molar-refractivity contribution in [3.63, 3.8) is 0 Å². The number of nitrogens with zero attached hydrogens (tertiary/aromatic N) is 1. The second-order valence-corrected chi connectivity index (χ2v) is 4.24. The van der Waals surface area contributed by atoms with Crippen molar-refractivity contribution < 1.29 is 24.0 Å². The number of methoxy groups -OCH3 is 1. The highest BCUT2D eigenvalue weighted by Gasteiger charge is 2.16. The minimum Gasteiger partial charge on any atom is -0.490 e. The van der Waals surface area contributed by atoms with Gasteiger partial charge in [-0.25, -0.2) is 4.57 Å². The molecule has 0 saturated carbocycles. The van der Waals surface area contributed by atoms with Gasteiger partial charge in [0.05, 0.1) is 17.7 Å². The summed E-state index contributed by atoms with van der Waals surface area (Å²) in [6, 6.07) is 3.67. The minimum atomic E-state index is -4.42. The first-order valence-corrected chi connectivity index (χ1v) is 5.86. The Morgan fingerprint density at radius 3 is 2.59 bits per heavy atom. The highest BCUT2D eigenvalue weighted by atomic mass is 31.2. The molecule has 0 aliphatic heterocycles. The summed E-state index contributed by atoms with van der Waals surface area (Å²) in [7, 11) is -3.17. The molecule has 94 valence electrons. The zero-order valence-electron chi connectivity index (χ0n) is 8.65. The van der Waals surface area contributed by atoms with Crippen LogP contribution in [0.1, 0.15) is 0 Å². The van der Waals surface area contributed by atoms with Gasteiger partial charge in [-0.1, -0.05) is 0 Å². The van der Waals surface area contributed by atoms with Crippen molar-refractivity contribution in [2.24, 2.45) is 0 Å². The van der Waals surface area contributed by atoms with Crippen LogP contribution >= 0.6 is 7.75 Å². The van der Waals surface area contributed by atoms with E-state index in [1.165, 1.54) is 19.2 Å². The molecule has 0 radical (unpaired) electrons.